The molecule has 1 saturated carbocycles. The molecule has 0 heterocycles. The highest BCUT2D eigenvalue weighted by Crippen LogP contribution is 2.45. The van der Waals surface area contributed by atoms with Crippen LogP contribution in [-0.2, 0) is 10.2 Å². The van der Waals surface area contributed by atoms with Gasteiger partial charge in [-0.3, -0.25) is 0 Å². The van der Waals surface area contributed by atoms with E-state index in [1.165, 1.54) is 11.0 Å². The van der Waals surface area contributed by atoms with E-state index in [1.54, 1.807) is 0 Å². The molecule has 0 radical (unpaired) electrons. The van der Waals surface area contributed by atoms with Gasteiger partial charge in [0.15, 0.2) is 0 Å². The van der Waals surface area contributed by atoms with E-state index >= 15 is 0 Å². The molecule has 0 saturated heterocycles. The number of carbonyl (C=O) groups excluding carboxylic acids is 1. The number of benzene rings is 1. The Balaban J connectivity index is 2.35. The molecule has 0 unspecified atom stereocenters. The lowest BCUT2D eigenvalue weighted by atomic mass is 9.91. The van der Waals surface area contributed by atoms with Crippen LogP contribution in [0.5, 0.6) is 0 Å². The van der Waals surface area contributed by atoms with Gasteiger partial charge in [-0.15, -0.1) is 0 Å². The van der Waals surface area contributed by atoms with Crippen LogP contribution in [0.2, 0.25) is 0 Å². The van der Waals surface area contributed by atoms with Crippen LogP contribution in [-0.4, -0.2) is 14.1 Å². The Kier molecular flexibility index (Phi) is 1.57. The molecule has 0 atom stereocenters. The molecule has 1 aliphatic carbocycles. The Morgan fingerprint density at radius 3 is 2.25 bits per heavy atom. The zero-order valence-electron chi connectivity index (χ0n) is 7.21. The van der Waals surface area contributed by atoms with E-state index in [1.807, 2.05) is 0 Å². The van der Waals surface area contributed by atoms with Crippen molar-refractivity contribution in [1.29, 1.82) is 0 Å². The van der Waals surface area contributed by atoms with Crippen molar-refractivity contribution >= 4 is 19.6 Å². The van der Waals surface area contributed by atoms with Crippen LogP contribution in [0.15, 0.2) is 24.3 Å². The molecule has 0 aromatic heterocycles. The first-order chi connectivity index (χ1) is 5.77. The van der Waals surface area contributed by atoms with E-state index < -0.39 is 0 Å². The third kappa shape index (κ3) is 1.08. The highest BCUT2D eigenvalue weighted by Gasteiger charge is 2.43. The SMILES string of the molecule is Bc1ccc(C2(C=O)CC2)cc1. The maximum atomic E-state index is 10.8. The second-order valence-corrected chi connectivity index (χ2v) is 3.64. The minimum Gasteiger partial charge on any atom is -0.302 e. The summed E-state index contributed by atoms with van der Waals surface area (Å²) in [6, 6.07) is 8.27. The van der Waals surface area contributed by atoms with Gasteiger partial charge in [0.2, 0.25) is 0 Å². The average Bonchev–Trinajstić information content (AvgIpc) is 2.86. The quantitative estimate of drug-likeness (QED) is 0.443. The molecule has 2 heteroatoms. The van der Waals surface area contributed by atoms with Crippen LogP contribution < -0.4 is 5.46 Å². The van der Waals surface area contributed by atoms with Crippen LogP contribution in [0.1, 0.15) is 18.4 Å². The first-order valence-electron chi connectivity index (χ1n) is 4.30. The minimum atomic E-state index is -0.103. The first-order valence-corrected chi connectivity index (χ1v) is 4.30. The lowest BCUT2D eigenvalue weighted by molar-refractivity contribution is -0.109. The van der Waals surface area contributed by atoms with Gasteiger partial charge in [0.25, 0.3) is 0 Å². The molecule has 1 nitrogen and oxygen atoms in total. The van der Waals surface area contributed by atoms with E-state index in [0.717, 1.165) is 19.1 Å². The topological polar surface area (TPSA) is 17.1 Å². The summed E-state index contributed by atoms with van der Waals surface area (Å²) in [5, 5.41) is 0. The van der Waals surface area contributed by atoms with Gasteiger partial charge in [-0.25, -0.2) is 0 Å². The van der Waals surface area contributed by atoms with Gasteiger partial charge >= 0.3 is 0 Å². The Hall–Kier alpha value is -1.05. The van der Waals surface area contributed by atoms with Crippen LogP contribution in [0.25, 0.3) is 0 Å². The fourth-order valence-corrected chi connectivity index (χ4v) is 1.49. The molecule has 1 aliphatic rings. The van der Waals surface area contributed by atoms with Crippen molar-refractivity contribution in [1.82, 2.24) is 0 Å². The van der Waals surface area contributed by atoms with Crippen molar-refractivity contribution in [3.63, 3.8) is 0 Å². The van der Waals surface area contributed by atoms with Crippen molar-refractivity contribution in [3.05, 3.63) is 29.8 Å². The Morgan fingerprint density at radius 1 is 1.25 bits per heavy atom. The fraction of sp³-hybridized carbons (Fsp3) is 0.300. The van der Waals surface area contributed by atoms with Crippen molar-refractivity contribution in [2.24, 2.45) is 0 Å². The van der Waals surface area contributed by atoms with E-state index in [0.29, 0.717) is 0 Å². The zero-order chi connectivity index (χ0) is 8.60. The molecule has 0 amide bonds. The number of rotatable bonds is 2. The molecule has 1 fully saturated rings. The normalized spacial score (nSPS) is 18.7. The van der Waals surface area contributed by atoms with E-state index in [-0.39, 0.29) is 5.41 Å². The lowest BCUT2D eigenvalue weighted by Gasteiger charge is -2.06. The van der Waals surface area contributed by atoms with Gasteiger partial charge in [0, 0.05) is 0 Å². The summed E-state index contributed by atoms with van der Waals surface area (Å²) in [7, 11) is 2.06. The van der Waals surface area contributed by atoms with E-state index in [4.69, 9.17) is 0 Å². The number of aldehydes is 1. The summed E-state index contributed by atoms with van der Waals surface area (Å²) in [4.78, 5) is 10.8. The number of carbonyl (C=O) groups is 1. The van der Waals surface area contributed by atoms with Crippen LogP contribution in [0.3, 0.4) is 0 Å². The fourth-order valence-electron chi connectivity index (χ4n) is 1.49. The van der Waals surface area contributed by atoms with Crippen molar-refractivity contribution < 1.29 is 4.79 Å². The van der Waals surface area contributed by atoms with Gasteiger partial charge in [-0.05, 0) is 18.4 Å². The maximum Gasteiger partial charge on any atom is 0.139 e. The molecule has 2 rings (SSSR count). The third-order valence-corrected chi connectivity index (χ3v) is 2.64. The summed E-state index contributed by atoms with van der Waals surface area (Å²) >= 11 is 0. The van der Waals surface area contributed by atoms with Crippen molar-refractivity contribution in [2.45, 2.75) is 18.3 Å². The molecular weight excluding hydrogens is 147 g/mol. The highest BCUT2D eigenvalue weighted by atomic mass is 16.1. The minimum absolute atomic E-state index is 0.103. The maximum absolute atomic E-state index is 10.8. The summed E-state index contributed by atoms with van der Waals surface area (Å²) in [5.74, 6) is 0. The Labute approximate surface area is 73.2 Å². The van der Waals surface area contributed by atoms with Crippen LogP contribution in [0, 0.1) is 0 Å². The highest BCUT2D eigenvalue weighted by molar-refractivity contribution is 6.32. The van der Waals surface area contributed by atoms with Crippen molar-refractivity contribution in [2.75, 3.05) is 0 Å². The summed E-state index contributed by atoms with van der Waals surface area (Å²) in [6.45, 7) is 0. The smallest absolute Gasteiger partial charge is 0.139 e. The Bertz CT molecular complexity index is 298. The first kappa shape index (κ1) is 7.60. The molecule has 0 spiro atoms. The van der Waals surface area contributed by atoms with Gasteiger partial charge in [-0.2, -0.15) is 0 Å². The molecule has 1 aromatic rings. The predicted octanol–water partition coefficient (Wildman–Crippen LogP) is 0.175. The molecule has 0 bridgehead atoms. The largest absolute Gasteiger partial charge is 0.302 e. The number of hydrogen-bond acceptors (Lipinski definition) is 1. The Morgan fingerprint density at radius 2 is 1.83 bits per heavy atom. The van der Waals surface area contributed by atoms with Gasteiger partial charge in [0.05, 0.1) is 5.41 Å². The summed E-state index contributed by atoms with van der Waals surface area (Å²) in [6.07, 6.45) is 3.15. The van der Waals surface area contributed by atoms with Gasteiger partial charge in [0.1, 0.15) is 14.1 Å². The van der Waals surface area contributed by atoms with Crippen LogP contribution in [0.4, 0.5) is 0 Å². The van der Waals surface area contributed by atoms with Crippen molar-refractivity contribution in [3.8, 4) is 0 Å². The predicted molar refractivity (Wildman–Crippen MR) is 51.6 cm³/mol. The molecule has 0 N–H and O–H groups in total. The van der Waals surface area contributed by atoms with Crippen LogP contribution >= 0.6 is 0 Å². The average molecular weight is 158 g/mol. The molecule has 0 aliphatic heterocycles. The lowest BCUT2D eigenvalue weighted by Crippen LogP contribution is -2.10. The summed E-state index contributed by atoms with van der Waals surface area (Å²) in [5.41, 5.74) is 2.33. The second-order valence-electron chi connectivity index (χ2n) is 3.64. The van der Waals surface area contributed by atoms with Gasteiger partial charge < -0.3 is 4.79 Å². The number of hydrogen-bond donors (Lipinski definition) is 0. The molecule has 1 aromatic carbocycles. The zero-order valence-corrected chi connectivity index (χ0v) is 7.21. The second kappa shape index (κ2) is 2.48. The standard InChI is InChI=1S/C10H11BO/c11-9-3-1-8(2-4-9)10(7-12)5-6-10/h1-4,7H,5-6,11H2. The molecule has 60 valence electrons. The monoisotopic (exact) mass is 158 g/mol. The van der Waals surface area contributed by atoms with Gasteiger partial charge in [-0.1, -0.05) is 29.7 Å². The summed E-state index contributed by atoms with van der Waals surface area (Å²) < 4.78 is 0. The third-order valence-electron chi connectivity index (χ3n) is 2.64. The molecule has 12 heavy (non-hydrogen) atoms. The molecular formula is C10H11BO. The van der Waals surface area contributed by atoms with E-state index in [2.05, 4.69) is 32.1 Å². The van der Waals surface area contributed by atoms with E-state index in [9.17, 15) is 4.79 Å².